The summed E-state index contributed by atoms with van der Waals surface area (Å²) in [6.45, 7) is 3.20. The topological polar surface area (TPSA) is 141 Å². The lowest BCUT2D eigenvalue weighted by atomic mass is 10.0. The molecule has 11 heteroatoms. The van der Waals surface area contributed by atoms with E-state index in [1.807, 2.05) is 0 Å². The Hall–Kier alpha value is -2.69. The fourth-order valence-electron chi connectivity index (χ4n) is 1.87. The summed E-state index contributed by atoms with van der Waals surface area (Å²) in [4.78, 5) is 57.5. The SMILES string of the molecule is CCCC(=O)C1N=NN(COC(COC(C)=O)COC(C)=O)C(=O)C1=O. The third kappa shape index (κ3) is 6.67. The van der Waals surface area contributed by atoms with E-state index in [1.54, 1.807) is 6.92 Å². The van der Waals surface area contributed by atoms with Crippen molar-refractivity contribution in [2.45, 2.75) is 45.8 Å². The van der Waals surface area contributed by atoms with Crippen LogP contribution in [0.15, 0.2) is 10.3 Å². The normalized spacial score (nSPS) is 16.8. The first kappa shape index (κ1) is 21.4. The van der Waals surface area contributed by atoms with Gasteiger partial charge in [-0.05, 0) is 6.42 Å². The third-order valence-corrected chi connectivity index (χ3v) is 3.15. The van der Waals surface area contributed by atoms with Crippen LogP contribution < -0.4 is 0 Å². The Balaban J connectivity index is 2.67. The molecule has 0 aromatic carbocycles. The summed E-state index contributed by atoms with van der Waals surface area (Å²) in [7, 11) is 0. The number of hydrogen-bond acceptors (Lipinski definition) is 10. The molecule has 0 radical (unpaired) electrons. The van der Waals surface area contributed by atoms with E-state index in [-0.39, 0.29) is 19.6 Å². The van der Waals surface area contributed by atoms with Gasteiger partial charge in [0, 0.05) is 20.3 Å². The largest absolute Gasteiger partial charge is 0.463 e. The van der Waals surface area contributed by atoms with E-state index in [1.165, 1.54) is 13.8 Å². The van der Waals surface area contributed by atoms with Crippen molar-refractivity contribution in [3.63, 3.8) is 0 Å². The van der Waals surface area contributed by atoms with Gasteiger partial charge in [-0.2, -0.15) is 10.1 Å². The average Bonchev–Trinajstić information content (AvgIpc) is 2.57. The summed E-state index contributed by atoms with van der Waals surface area (Å²) in [5.74, 6) is -3.63. The van der Waals surface area contributed by atoms with Gasteiger partial charge in [-0.25, -0.2) is 0 Å². The molecule has 1 aliphatic heterocycles. The number of amides is 1. The summed E-state index contributed by atoms with van der Waals surface area (Å²) in [6, 6.07) is -1.42. The van der Waals surface area contributed by atoms with Crippen LogP contribution in [0.25, 0.3) is 0 Å². The van der Waals surface area contributed by atoms with E-state index in [9.17, 15) is 24.0 Å². The summed E-state index contributed by atoms with van der Waals surface area (Å²) in [6.07, 6.45) is -0.237. The summed E-state index contributed by atoms with van der Waals surface area (Å²) in [5.41, 5.74) is 0. The lowest BCUT2D eigenvalue weighted by molar-refractivity contribution is -0.163. The quantitative estimate of drug-likeness (QED) is 0.296. The molecular weight excluding hydrogens is 350 g/mol. The molecule has 0 N–H and O–H groups in total. The van der Waals surface area contributed by atoms with Gasteiger partial charge < -0.3 is 14.2 Å². The molecule has 1 rings (SSSR count). The van der Waals surface area contributed by atoms with E-state index < -0.39 is 48.3 Å². The molecule has 0 spiro atoms. The van der Waals surface area contributed by atoms with E-state index in [4.69, 9.17) is 14.2 Å². The Bertz CT molecular complexity index is 586. The monoisotopic (exact) mass is 371 g/mol. The minimum absolute atomic E-state index is 0.117. The van der Waals surface area contributed by atoms with Crippen molar-refractivity contribution in [3.05, 3.63) is 0 Å². The zero-order chi connectivity index (χ0) is 19.7. The molecule has 0 saturated carbocycles. The van der Waals surface area contributed by atoms with Crippen LogP contribution in [-0.4, -0.2) is 66.5 Å². The van der Waals surface area contributed by atoms with Crippen molar-refractivity contribution in [1.29, 1.82) is 0 Å². The van der Waals surface area contributed by atoms with Crippen molar-refractivity contribution in [3.8, 4) is 0 Å². The van der Waals surface area contributed by atoms with Crippen molar-refractivity contribution in [2.24, 2.45) is 10.3 Å². The molecule has 144 valence electrons. The van der Waals surface area contributed by atoms with E-state index in [2.05, 4.69) is 10.3 Å². The maximum absolute atomic E-state index is 12.0. The maximum atomic E-state index is 12.0. The van der Waals surface area contributed by atoms with Gasteiger partial charge in [0.15, 0.2) is 11.8 Å². The lowest BCUT2D eigenvalue weighted by Gasteiger charge is -2.24. The molecule has 1 amide bonds. The Morgan fingerprint density at radius 3 is 2.19 bits per heavy atom. The summed E-state index contributed by atoms with van der Waals surface area (Å²) < 4.78 is 14.9. The molecule has 0 aliphatic carbocycles. The number of esters is 2. The highest BCUT2D eigenvalue weighted by molar-refractivity contribution is 6.42. The van der Waals surface area contributed by atoms with Crippen LogP contribution >= 0.6 is 0 Å². The second-order valence-electron chi connectivity index (χ2n) is 5.42. The van der Waals surface area contributed by atoms with Crippen molar-refractivity contribution in [2.75, 3.05) is 19.9 Å². The molecule has 1 heterocycles. The molecular formula is C15H21N3O8. The minimum atomic E-state index is -1.42. The molecule has 0 saturated heterocycles. The predicted molar refractivity (Wildman–Crippen MR) is 83.4 cm³/mol. The average molecular weight is 371 g/mol. The minimum Gasteiger partial charge on any atom is -0.463 e. The van der Waals surface area contributed by atoms with E-state index in [0.717, 1.165) is 0 Å². The first-order valence-electron chi connectivity index (χ1n) is 7.93. The predicted octanol–water partition coefficient (Wildman–Crippen LogP) is -0.0284. The number of Topliss-reactive ketones (excluding diaryl/α,β-unsaturated/α-hetero) is 2. The number of carbonyl (C=O) groups is 5. The van der Waals surface area contributed by atoms with Crippen molar-refractivity contribution < 1.29 is 38.2 Å². The number of ether oxygens (including phenoxy) is 3. The Labute approximate surface area is 149 Å². The van der Waals surface area contributed by atoms with Crippen LogP contribution in [0.4, 0.5) is 0 Å². The highest BCUT2D eigenvalue weighted by atomic mass is 16.6. The highest BCUT2D eigenvalue weighted by Gasteiger charge is 2.38. The van der Waals surface area contributed by atoms with Gasteiger partial charge in [0.25, 0.3) is 5.78 Å². The zero-order valence-corrected chi connectivity index (χ0v) is 14.8. The first-order valence-corrected chi connectivity index (χ1v) is 7.93. The molecule has 26 heavy (non-hydrogen) atoms. The van der Waals surface area contributed by atoms with Crippen LogP contribution in [0, 0.1) is 0 Å². The van der Waals surface area contributed by atoms with Gasteiger partial charge >= 0.3 is 17.8 Å². The standard InChI is InChI=1S/C15H21N3O8/c1-4-5-12(21)13-14(22)15(23)18(17-16-13)8-26-11(6-24-9(2)19)7-25-10(3)20/h11,13H,4-8H2,1-3H3. The van der Waals surface area contributed by atoms with Gasteiger partial charge in [-0.1, -0.05) is 12.1 Å². The number of nitrogens with zero attached hydrogens (tertiary/aromatic N) is 3. The fourth-order valence-corrected chi connectivity index (χ4v) is 1.87. The summed E-state index contributed by atoms with van der Waals surface area (Å²) in [5, 5.41) is 7.75. The second-order valence-corrected chi connectivity index (χ2v) is 5.42. The Morgan fingerprint density at radius 2 is 1.69 bits per heavy atom. The van der Waals surface area contributed by atoms with Gasteiger partial charge in [0.1, 0.15) is 26.0 Å². The van der Waals surface area contributed by atoms with Crippen LogP contribution in [0.2, 0.25) is 0 Å². The van der Waals surface area contributed by atoms with Gasteiger partial charge in [-0.3, -0.25) is 24.0 Å². The molecule has 0 aromatic rings. The van der Waals surface area contributed by atoms with Crippen LogP contribution in [-0.2, 0) is 38.2 Å². The van der Waals surface area contributed by atoms with Crippen LogP contribution in [0.1, 0.15) is 33.6 Å². The fraction of sp³-hybridized carbons (Fsp3) is 0.667. The first-order chi connectivity index (χ1) is 12.3. The smallest absolute Gasteiger partial charge is 0.316 e. The van der Waals surface area contributed by atoms with Crippen molar-refractivity contribution >= 4 is 29.4 Å². The molecule has 1 unspecified atom stereocenters. The Morgan fingerprint density at radius 1 is 1.12 bits per heavy atom. The summed E-state index contributed by atoms with van der Waals surface area (Å²) >= 11 is 0. The van der Waals surface area contributed by atoms with Gasteiger partial charge in [0.05, 0.1) is 0 Å². The zero-order valence-electron chi connectivity index (χ0n) is 14.8. The molecule has 1 aliphatic rings. The lowest BCUT2D eigenvalue weighted by Crippen LogP contribution is -2.46. The highest BCUT2D eigenvalue weighted by Crippen LogP contribution is 2.12. The molecule has 0 bridgehead atoms. The number of carbonyl (C=O) groups excluding carboxylic acids is 5. The van der Waals surface area contributed by atoms with Gasteiger partial charge in [0.2, 0.25) is 0 Å². The Kier molecular flexibility index (Phi) is 8.49. The third-order valence-electron chi connectivity index (χ3n) is 3.15. The molecule has 0 aromatic heterocycles. The molecule has 0 fully saturated rings. The van der Waals surface area contributed by atoms with Crippen LogP contribution in [0.5, 0.6) is 0 Å². The number of hydrogen-bond donors (Lipinski definition) is 0. The number of rotatable bonds is 10. The van der Waals surface area contributed by atoms with E-state index in [0.29, 0.717) is 11.4 Å². The number of ketones is 2. The van der Waals surface area contributed by atoms with Gasteiger partial charge in [-0.15, -0.1) is 0 Å². The van der Waals surface area contributed by atoms with Crippen molar-refractivity contribution in [1.82, 2.24) is 5.01 Å². The second kappa shape index (κ2) is 10.3. The molecule has 11 nitrogen and oxygen atoms in total. The van der Waals surface area contributed by atoms with Crippen LogP contribution in [0.3, 0.4) is 0 Å². The maximum Gasteiger partial charge on any atom is 0.316 e. The van der Waals surface area contributed by atoms with E-state index >= 15 is 0 Å². The molecule has 1 atom stereocenters.